The second kappa shape index (κ2) is 8.11. The van der Waals surface area contributed by atoms with Gasteiger partial charge in [0, 0.05) is 23.9 Å². The van der Waals surface area contributed by atoms with Gasteiger partial charge in [0.25, 0.3) is 0 Å². The maximum atomic E-state index is 12.8. The zero-order chi connectivity index (χ0) is 20.8. The molecule has 1 aliphatic heterocycles. The highest BCUT2D eigenvalue weighted by Crippen LogP contribution is 2.39. The number of thiophene rings is 1. The van der Waals surface area contributed by atoms with Crippen LogP contribution in [0.25, 0.3) is 15.9 Å². The lowest BCUT2D eigenvalue weighted by Gasteiger charge is -2.33. The Morgan fingerprint density at radius 1 is 1.23 bits per heavy atom. The first kappa shape index (κ1) is 20.2. The summed E-state index contributed by atoms with van der Waals surface area (Å²) in [5, 5.41) is 11.1. The molecule has 0 N–H and O–H groups in total. The maximum Gasteiger partial charge on any atom is 0.233 e. The average molecular weight is 444 g/mol. The quantitative estimate of drug-likeness (QED) is 0.555. The number of rotatable bonds is 4. The van der Waals surface area contributed by atoms with E-state index in [0.717, 1.165) is 66.0 Å². The number of hydrogen-bond donors (Lipinski definition) is 0. The minimum Gasteiger partial charge on any atom is -0.339 e. The highest BCUT2D eigenvalue weighted by molar-refractivity contribution is 7.99. The molecule has 0 radical (unpaired) electrons. The van der Waals surface area contributed by atoms with Gasteiger partial charge in [-0.2, -0.15) is 0 Å². The van der Waals surface area contributed by atoms with Crippen molar-refractivity contribution in [2.45, 2.75) is 76.9 Å². The lowest BCUT2D eigenvalue weighted by molar-refractivity contribution is -0.131. The molecule has 30 heavy (non-hydrogen) atoms. The standard InChI is InChI=1S/C22H29N5OS2/c1-4-17-23-21-19(15-9-8-13(2)11-16(15)30-21)20-24-25-22(27(17)20)29-12-18(28)26-10-6-5-7-14(26)3/h13-14H,4-12H2,1-3H3/t13-,14+/m0/s1. The number of thioether (sulfide) groups is 1. The summed E-state index contributed by atoms with van der Waals surface area (Å²) in [7, 11) is 0. The summed E-state index contributed by atoms with van der Waals surface area (Å²) in [5.41, 5.74) is 2.35. The van der Waals surface area contributed by atoms with Crippen molar-refractivity contribution in [3.8, 4) is 0 Å². The molecule has 3 aromatic heterocycles. The van der Waals surface area contributed by atoms with Gasteiger partial charge in [0.2, 0.25) is 5.91 Å². The number of amides is 1. The van der Waals surface area contributed by atoms with Crippen LogP contribution in [-0.4, -0.2) is 48.7 Å². The van der Waals surface area contributed by atoms with Gasteiger partial charge in [-0.15, -0.1) is 21.5 Å². The van der Waals surface area contributed by atoms with E-state index in [-0.39, 0.29) is 5.91 Å². The summed E-state index contributed by atoms with van der Waals surface area (Å²) in [6, 6.07) is 0.342. The van der Waals surface area contributed by atoms with Crippen molar-refractivity contribution in [2.75, 3.05) is 12.3 Å². The first-order valence-electron chi connectivity index (χ1n) is 11.2. The highest BCUT2D eigenvalue weighted by atomic mass is 32.2. The van der Waals surface area contributed by atoms with Gasteiger partial charge in [0.05, 0.1) is 11.1 Å². The van der Waals surface area contributed by atoms with Crippen LogP contribution in [0.1, 0.15) is 62.7 Å². The Bertz CT molecular complexity index is 1100. The van der Waals surface area contributed by atoms with Gasteiger partial charge in [-0.05, 0) is 56.9 Å². The van der Waals surface area contributed by atoms with Gasteiger partial charge in [0.15, 0.2) is 10.8 Å². The van der Waals surface area contributed by atoms with Crippen molar-refractivity contribution >= 4 is 44.9 Å². The van der Waals surface area contributed by atoms with Crippen LogP contribution >= 0.6 is 23.1 Å². The summed E-state index contributed by atoms with van der Waals surface area (Å²) in [6.07, 6.45) is 7.71. The number of likely N-dealkylation sites (tertiary alicyclic amines) is 1. The predicted molar refractivity (Wildman–Crippen MR) is 122 cm³/mol. The number of carbonyl (C=O) groups is 1. The van der Waals surface area contributed by atoms with E-state index in [2.05, 4.69) is 35.4 Å². The van der Waals surface area contributed by atoms with Crippen LogP contribution in [0.5, 0.6) is 0 Å². The normalized spacial score (nSPS) is 22.0. The third kappa shape index (κ3) is 3.42. The van der Waals surface area contributed by atoms with Crippen LogP contribution in [-0.2, 0) is 24.1 Å². The minimum absolute atomic E-state index is 0.206. The summed E-state index contributed by atoms with van der Waals surface area (Å²) in [5.74, 6) is 2.33. The number of fused-ring (bicyclic) bond motifs is 5. The van der Waals surface area contributed by atoms with Crippen molar-refractivity contribution in [3.05, 3.63) is 16.3 Å². The molecular weight excluding hydrogens is 414 g/mol. The van der Waals surface area contributed by atoms with E-state index < -0.39 is 0 Å². The fourth-order valence-electron chi connectivity index (χ4n) is 4.89. The Hall–Kier alpha value is -1.67. The second-order valence-corrected chi connectivity index (χ2v) is 10.8. The maximum absolute atomic E-state index is 12.8. The zero-order valence-corrected chi connectivity index (χ0v) is 19.6. The summed E-state index contributed by atoms with van der Waals surface area (Å²) < 4.78 is 2.10. The minimum atomic E-state index is 0.206. The van der Waals surface area contributed by atoms with Gasteiger partial charge < -0.3 is 4.90 Å². The van der Waals surface area contributed by atoms with E-state index in [1.807, 2.05) is 16.2 Å². The largest absolute Gasteiger partial charge is 0.339 e. The van der Waals surface area contributed by atoms with Gasteiger partial charge in [-0.3, -0.25) is 9.20 Å². The van der Waals surface area contributed by atoms with E-state index in [1.165, 1.54) is 40.4 Å². The fourth-order valence-corrected chi connectivity index (χ4v) is 7.12. The molecule has 6 nitrogen and oxygen atoms in total. The zero-order valence-electron chi connectivity index (χ0n) is 18.0. The molecule has 1 fully saturated rings. The van der Waals surface area contributed by atoms with E-state index in [9.17, 15) is 4.79 Å². The molecule has 0 aromatic carbocycles. The number of piperidine rings is 1. The van der Waals surface area contributed by atoms with Gasteiger partial charge >= 0.3 is 0 Å². The summed E-state index contributed by atoms with van der Waals surface area (Å²) >= 11 is 3.33. The molecular formula is C22H29N5OS2. The second-order valence-electron chi connectivity index (χ2n) is 8.78. The highest BCUT2D eigenvalue weighted by Gasteiger charge is 2.27. The lowest BCUT2D eigenvalue weighted by Crippen LogP contribution is -2.42. The molecule has 3 aromatic rings. The van der Waals surface area contributed by atoms with Gasteiger partial charge in [-0.25, -0.2) is 4.98 Å². The molecule has 5 rings (SSSR count). The number of aromatic nitrogens is 4. The van der Waals surface area contributed by atoms with Crippen LogP contribution in [0, 0.1) is 5.92 Å². The van der Waals surface area contributed by atoms with Crippen molar-refractivity contribution < 1.29 is 4.79 Å². The van der Waals surface area contributed by atoms with E-state index in [0.29, 0.717) is 11.8 Å². The van der Waals surface area contributed by atoms with Gasteiger partial charge in [-0.1, -0.05) is 25.6 Å². The van der Waals surface area contributed by atoms with Crippen molar-refractivity contribution in [2.24, 2.45) is 5.92 Å². The predicted octanol–water partition coefficient (Wildman–Crippen LogP) is 4.52. The van der Waals surface area contributed by atoms with Crippen molar-refractivity contribution in [1.82, 2.24) is 24.5 Å². The molecule has 160 valence electrons. The summed E-state index contributed by atoms with van der Waals surface area (Å²) in [6.45, 7) is 7.49. The Morgan fingerprint density at radius 3 is 2.90 bits per heavy atom. The number of hydrogen-bond acceptors (Lipinski definition) is 6. The van der Waals surface area contributed by atoms with Crippen LogP contribution in [0.4, 0.5) is 0 Å². The third-order valence-electron chi connectivity index (χ3n) is 6.60. The molecule has 2 atom stereocenters. The molecule has 2 aliphatic rings. The van der Waals surface area contributed by atoms with E-state index in [1.54, 1.807) is 0 Å². The Labute approximate surface area is 185 Å². The number of carbonyl (C=O) groups excluding carboxylic acids is 1. The first-order valence-corrected chi connectivity index (χ1v) is 13.0. The topological polar surface area (TPSA) is 63.4 Å². The molecule has 1 saturated heterocycles. The van der Waals surface area contributed by atoms with Crippen LogP contribution in [0.3, 0.4) is 0 Å². The molecule has 0 unspecified atom stereocenters. The summed E-state index contributed by atoms with van der Waals surface area (Å²) in [4.78, 5) is 22.4. The Kier molecular flexibility index (Phi) is 5.47. The Morgan fingerprint density at radius 2 is 2.10 bits per heavy atom. The SMILES string of the molecule is CCc1nc2sc3c(c2c2nnc(SCC(=O)N4CCCC[C@H]4C)n12)CC[C@H](C)C3. The van der Waals surface area contributed by atoms with E-state index in [4.69, 9.17) is 4.98 Å². The number of nitrogens with zero attached hydrogens (tertiary/aromatic N) is 5. The van der Waals surface area contributed by atoms with Gasteiger partial charge in [0.1, 0.15) is 10.7 Å². The van der Waals surface area contributed by atoms with E-state index >= 15 is 0 Å². The monoisotopic (exact) mass is 443 g/mol. The molecule has 0 spiro atoms. The molecule has 1 amide bonds. The average Bonchev–Trinajstić information content (AvgIpc) is 3.32. The number of aryl methyl sites for hydroxylation is 2. The third-order valence-corrected chi connectivity index (χ3v) is 8.67. The van der Waals surface area contributed by atoms with Crippen molar-refractivity contribution in [1.29, 1.82) is 0 Å². The smallest absolute Gasteiger partial charge is 0.233 e. The fraction of sp³-hybridized carbons (Fsp3) is 0.636. The first-order chi connectivity index (χ1) is 14.6. The molecule has 0 bridgehead atoms. The van der Waals surface area contributed by atoms with Crippen molar-refractivity contribution in [3.63, 3.8) is 0 Å². The molecule has 0 saturated carbocycles. The lowest BCUT2D eigenvalue weighted by atomic mass is 9.89. The van der Waals surface area contributed by atoms with Crippen LogP contribution in [0.2, 0.25) is 0 Å². The van der Waals surface area contributed by atoms with Crippen LogP contribution < -0.4 is 0 Å². The molecule has 8 heteroatoms. The van der Waals surface area contributed by atoms with Crippen LogP contribution in [0.15, 0.2) is 5.16 Å². The molecule has 4 heterocycles. The molecule has 1 aliphatic carbocycles. The Balaban J connectivity index is 1.49.